The molecule has 1 aliphatic rings. The lowest BCUT2D eigenvalue weighted by atomic mass is 9.80. The number of nitrogens with one attached hydrogen (secondary N) is 1. The summed E-state index contributed by atoms with van der Waals surface area (Å²) in [6.07, 6.45) is 3.70. The molecule has 0 saturated heterocycles. The lowest BCUT2D eigenvalue weighted by Gasteiger charge is -2.33. The predicted molar refractivity (Wildman–Crippen MR) is 84.1 cm³/mol. The predicted octanol–water partition coefficient (Wildman–Crippen LogP) is 4.59. The molecule has 2 rings (SSSR count). The molecular formula is C16H24ClNO2. The normalized spacial score (nSPS) is 26.1. The molecule has 1 aliphatic carbocycles. The zero-order valence-corrected chi connectivity index (χ0v) is 13.5. The van der Waals surface area contributed by atoms with Crippen LogP contribution in [0.3, 0.4) is 0 Å². The third-order valence-corrected chi connectivity index (χ3v) is 4.32. The summed E-state index contributed by atoms with van der Waals surface area (Å²) in [6, 6.07) is 4.20. The number of hydrogen-bond donors (Lipinski definition) is 1. The van der Waals surface area contributed by atoms with E-state index < -0.39 is 0 Å². The molecule has 1 fully saturated rings. The van der Waals surface area contributed by atoms with Gasteiger partial charge in [0, 0.05) is 18.2 Å². The summed E-state index contributed by atoms with van der Waals surface area (Å²) in [7, 11) is 3.26. The number of hydrogen-bond acceptors (Lipinski definition) is 3. The first-order valence-corrected chi connectivity index (χ1v) is 7.59. The fraction of sp³-hybridized carbons (Fsp3) is 0.625. The quantitative estimate of drug-likeness (QED) is 0.881. The third kappa shape index (κ3) is 3.51. The van der Waals surface area contributed by atoms with Crippen LogP contribution in [0.25, 0.3) is 0 Å². The first kappa shape index (κ1) is 15.3. The highest BCUT2D eigenvalue weighted by Gasteiger charge is 2.24. The smallest absolute Gasteiger partial charge is 0.162 e. The molecule has 3 nitrogen and oxygen atoms in total. The van der Waals surface area contributed by atoms with Gasteiger partial charge in [-0.05, 0) is 31.1 Å². The molecule has 1 saturated carbocycles. The van der Waals surface area contributed by atoms with Gasteiger partial charge in [-0.2, -0.15) is 0 Å². The Hall–Kier alpha value is -1.09. The van der Waals surface area contributed by atoms with Gasteiger partial charge >= 0.3 is 0 Å². The molecule has 0 radical (unpaired) electrons. The van der Waals surface area contributed by atoms with Gasteiger partial charge in [0.25, 0.3) is 0 Å². The van der Waals surface area contributed by atoms with Gasteiger partial charge in [0.2, 0.25) is 0 Å². The zero-order chi connectivity index (χ0) is 14.7. The number of benzene rings is 1. The standard InChI is InChI=1S/C16H24ClNO2/c1-10-5-11(2)7-12(6-10)18-14-9-16(20-4)15(19-3)8-13(14)17/h8-12,18H,5-7H2,1-4H3. The van der Waals surface area contributed by atoms with Crippen LogP contribution < -0.4 is 14.8 Å². The average Bonchev–Trinajstić information content (AvgIpc) is 2.39. The molecule has 0 aliphatic heterocycles. The van der Waals surface area contributed by atoms with Gasteiger partial charge in [-0.1, -0.05) is 25.4 Å². The number of rotatable bonds is 4. The van der Waals surface area contributed by atoms with Crippen molar-refractivity contribution in [3.05, 3.63) is 17.2 Å². The Balaban J connectivity index is 2.16. The highest BCUT2D eigenvalue weighted by atomic mass is 35.5. The molecule has 0 bridgehead atoms. The van der Waals surface area contributed by atoms with Crippen LogP contribution in [0, 0.1) is 11.8 Å². The SMILES string of the molecule is COc1cc(Cl)c(NC2CC(C)CC(C)C2)cc1OC. The zero-order valence-electron chi connectivity index (χ0n) is 12.7. The van der Waals surface area contributed by atoms with Crippen molar-refractivity contribution in [2.24, 2.45) is 11.8 Å². The maximum atomic E-state index is 6.33. The van der Waals surface area contributed by atoms with Crippen LogP contribution in [0.1, 0.15) is 33.1 Å². The Bertz CT molecular complexity index is 454. The Labute approximate surface area is 126 Å². The fourth-order valence-electron chi connectivity index (χ4n) is 3.25. The number of halogens is 1. The fourth-order valence-corrected chi connectivity index (χ4v) is 3.46. The topological polar surface area (TPSA) is 30.5 Å². The molecule has 2 unspecified atom stereocenters. The van der Waals surface area contributed by atoms with Crippen LogP contribution in [0.4, 0.5) is 5.69 Å². The van der Waals surface area contributed by atoms with E-state index in [1.165, 1.54) is 19.3 Å². The molecule has 1 N–H and O–H groups in total. The molecule has 20 heavy (non-hydrogen) atoms. The summed E-state index contributed by atoms with van der Waals surface area (Å²) < 4.78 is 10.6. The van der Waals surface area contributed by atoms with Gasteiger partial charge in [0.15, 0.2) is 11.5 Å². The maximum absolute atomic E-state index is 6.33. The first-order valence-electron chi connectivity index (χ1n) is 7.21. The second kappa shape index (κ2) is 6.57. The molecule has 0 spiro atoms. The van der Waals surface area contributed by atoms with E-state index >= 15 is 0 Å². The van der Waals surface area contributed by atoms with Crippen molar-refractivity contribution >= 4 is 17.3 Å². The van der Waals surface area contributed by atoms with E-state index in [1.807, 2.05) is 6.07 Å². The van der Waals surface area contributed by atoms with Crippen LogP contribution in [-0.2, 0) is 0 Å². The van der Waals surface area contributed by atoms with E-state index in [0.29, 0.717) is 22.6 Å². The van der Waals surface area contributed by atoms with Crippen LogP contribution in [0.2, 0.25) is 5.02 Å². The lowest BCUT2D eigenvalue weighted by molar-refractivity contribution is 0.280. The van der Waals surface area contributed by atoms with Gasteiger partial charge in [0.1, 0.15) is 0 Å². The van der Waals surface area contributed by atoms with Crippen molar-refractivity contribution in [3.63, 3.8) is 0 Å². The van der Waals surface area contributed by atoms with Crippen LogP contribution in [0.15, 0.2) is 12.1 Å². The number of anilines is 1. The van der Waals surface area contributed by atoms with Gasteiger partial charge < -0.3 is 14.8 Å². The van der Waals surface area contributed by atoms with Crippen LogP contribution >= 0.6 is 11.6 Å². The summed E-state index contributed by atoms with van der Waals surface area (Å²) in [5, 5.41) is 4.24. The molecule has 1 aromatic carbocycles. The summed E-state index contributed by atoms with van der Waals surface area (Å²) in [5.74, 6) is 2.88. The maximum Gasteiger partial charge on any atom is 0.162 e. The van der Waals surface area contributed by atoms with E-state index in [4.69, 9.17) is 21.1 Å². The van der Waals surface area contributed by atoms with Crippen LogP contribution in [-0.4, -0.2) is 20.3 Å². The summed E-state index contributed by atoms with van der Waals surface area (Å²) in [4.78, 5) is 0. The summed E-state index contributed by atoms with van der Waals surface area (Å²) in [5.41, 5.74) is 0.926. The van der Waals surface area contributed by atoms with Crippen molar-refractivity contribution < 1.29 is 9.47 Å². The average molecular weight is 298 g/mol. The van der Waals surface area contributed by atoms with Crippen molar-refractivity contribution in [2.75, 3.05) is 19.5 Å². The minimum atomic E-state index is 0.476. The molecule has 4 heteroatoms. The van der Waals surface area contributed by atoms with Gasteiger partial charge in [0.05, 0.1) is 24.9 Å². The highest BCUT2D eigenvalue weighted by molar-refractivity contribution is 6.33. The van der Waals surface area contributed by atoms with Crippen molar-refractivity contribution in [1.29, 1.82) is 0 Å². The molecule has 112 valence electrons. The number of methoxy groups -OCH3 is 2. The Morgan fingerprint density at radius 2 is 1.55 bits per heavy atom. The Kier molecular flexibility index (Phi) is 5.03. The van der Waals surface area contributed by atoms with Crippen LogP contribution in [0.5, 0.6) is 11.5 Å². The summed E-state index contributed by atoms with van der Waals surface area (Å²) in [6.45, 7) is 4.64. The van der Waals surface area contributed by atoms with E-state index in [9.17, 15) is 0 Å². The molecule has 0 aromatic heterocycles. The van der Waals surface area contributed by atoms with Crippen molar-refractivity contribution in [1.82, 2.24) is 0 Å². The van der Waals surface area contributed by atoms with E-state index in [0.717, 1.165) is 17.5 Å². The lowest BCUT2D eigenvalue weighted by Crippen LogP contribution is -2.30. The minimum Gasteiger partial charge on any atom is -0.493 e. The highest BCUT2D eigenvalue weighted by Crippen LogP contribution is 2.38. The Morgan fingerprint density at radius 3 is 2.10 bits per heavy atom. The van der Waals surface area contributed by atoms with Gasteiger partial charge in [-0.3, -0.25) is 0 Å². The summed E-state index contributed by atoms with van der Waals surface area (Å²) >= 11 is 6.33. The van der Waals surface area contributed by atoms with Gasteiger partial charge in [-0.15, -0.1) is 0 Å². The monoisotopic (exact) mass is 297 g/mol. The third-order valence-electron chi connectivity index (χ3n) is 4.01. The Morgan fingerprint density at radius 1 is 1.00 bits per heavy atom. The van der Waals surface area contributed by atoms with Crippen molar-refractivity contribution in [2.45, 2.75) is 39.2 Å². The molecule has 0 heterocycles. The second-order valence-electron chi connectivity index (χ2n) is 5.95. The second-order valence-corrected chi connectivity index (χ2v) is 6.35. The van der Waals surface area contributed by atoms with E-state index in [-0.39, 0.29) is 0 Å². The molecule has 0 amide bonds. The first-order chi connectivity index (χ1) is 9.53. The van der Waals surface area contributed by atoms with Gasteiger partial charge in [-0.25, -0.2) is 0 Å². The number of ether oxygens (including phenoxy) is 2. The van der Waals surface area contributed by atoms with E-state index in [2.05, 4.69) is 19.2 Å². The largest absolute Gasteiger partial charge is 0.493 e. The molecular weight excluding hydrogens is 274 g/mol. The van der Waals surface area contributed by atoms with Crippen molar-refractivity contribution in [3.8, 4) is 11.5 Å². The van der Waals surface area contributed by atoms with E-state index in [1.54, 1.807) is 20.3 Å². The molecule has 1 aromatic rings. The minimum absolute atomic E-state index is 0.476. The molecule has 2 atom stereocenters.